The molecule has 0 atom stereocenters. The van der Waals surface area contributed by atoms with Crippen molar-refractivity contribution in [1.82, 2.24) is 0 Å². The maximum atomic E-state index is 5.88. The van der Waals surface area contributed by atoms with Crippen LogP contribution in [0.3, 0.4) is 0 Å². The van der Waals surface area contributed by atoms with Gasteiger partial charge in [0.15, 0.2) is 0 Å². The summed E-state index contributed by atoms with van der Waals surface area (Å²) in [6.45, 7) is 0. The zero-order valence-corrected chi connectivity index (χ0v) is 9.64. The van der Waals surface area contributed by atoms with Gasteiger partial charge in [-0.3, -0.25) is 0 Å². The fraction of sp³-hybridized carbons (Fsp3) is 0. The van der Waals surface area contributed by atoms with Crippen LogP contribution in [0.15, 0.2) is 46.9 Å². The molecule has 0 spiro atoms. The normalized spacial score (nSPS) is 10.1. The van der Waals surface area contributed by atoms with Crippen LogP contribution < -0.4 is 0 Å². The van der Waals surface area contributed by atoms with Crippen LogP contribution in [0, 0.1) is 6.07 Å². The van der Waals surface area contributed by atoms with Crippen LogP contribution in [0.2, 0.25) is 5.02 Å². The molecule has 1 radical (unpaired) electrons. The van der Waals surface area contributed by atoms with E-state index in [4.69, 9.17) is 11.6 Å². The molecule has 0 nitrogen and oxygen atoms in total. The van der Waals surface area contributed by atoms with Crippen molar-refractivity contribution in [1.29, 1.82) is 0 Å². The Hall–Kier alpha value is -0.790. The molecule has 2 aromatic carbocycles. The molecule has 2 aromatic rings. The van der Waals surface area contributed by atoms with E-state index in [0.29, 0.717) is 5.02 Å². The van der Waals surface area contributed by atoms with E-state index in [1.165, 1.54) is 0 Å². The lowest BCUT2D eigenvalue weighted by atomic mass is 10.1. The first kappa shape index (κ1) is 9.75. The molecule has 0 fully saturated rings. The van der Waals surface area contributed by atoms with Crippen molar-refractivity contribution >= 4 is 27.5 Å². The average molecular weight is 267 g/mol. The third-order valence-electron chi connectivity index (χ3n) is 1.95. The lowest BCUT2D eigenvalue weighted by Crippen LogP contribution is -1.78. The first-order valence-electron chi connectivity index (χ1n) is 4.19. The fourth-order valence-electron chi connectivity index (χ4n) is 1.30. The summed E-state index contributed by atoms with van der Waals surface area (Å²) >= 11 is 9.38. The van der Waals surface area contributed by atoms with Crippen molar-refractivity contribution in [2.75, 3.05) is 0 Å². The van der Waals surface area contributed by atoms with Crippen molar-refractivity contribution in [2.24, 2.45) is 0 Å². The van der Waals surface area contributed by atoms with Gasteiger partial charge >= 0.3 is 0 Å². The van der Waals surface area contributed by atoms with Crippen LogP contribution in [0.25, 0.3) is 11.1 Å². The summed E-state index contributed by atoms with van der Waals surface area (Å²) in [5.74, 6) is 0. The number of hydrogen-bond donors (Lipinski definition) is 0. The van der Waals surface area contributed by atoms with E-state index in [2.05, 4.69) is 28.1 Å². The minimum Gasteiger partial charge on any atom is -0.0836 e. The molecule has 2 rings (SSSR count). The van der Waals surface area contributed by atoms with E-state index in [1.54, 1.807) is 0 Å². The van der Waals surface area contributed by atoms with Gasteiger partial charge in [0.05, 0.1) is 0 Å². The molecule has 0 amide bonds. The zero-order chi connectivity index (χ0) is 9.97. The van der Waals surface area contributed by atoms with Gasteiger partial charge in [0.2, 0.25) is 0 Å². The number of halogens is 2. The van der Waals surface area contributed by atoms with Crippen LogP contribution >= 0.6 is 27.5 Å². The molecule has 0 aliphatic heterocycles. The summed E-state index contributed by atoms with van der Waals surface area (Å²) in [4.78, 5) is 0. The Bertz CT molecular complexity index is 452. The Labute approximate surface area is 96.7 Å². The Kier molecular flexibility index (Phi) is 2.90. The van der Waals surface area contributed by atoms with E-state index in [9.17, 15) is 0 Å². The second-order valence-corrected chi connectivity index (χ2v) is 4.17. The highest BCUT2D eigenvalue weighted by molar-refractivity contribution is 9.10. The summed E-state index contributed by atoms with van der Waals surface area (Å²) < 4.78 is 1.07. The quantitative estimate of drug-likeness (QED) is 0.709. The first-order chi connectivity index (χ1) is 6.77. The van der Waals surface area contributed by atoms with Gasteiger partial charge in [-0.15, -0.1) is 0 Å². The van der Waals surface area contributed by atoms with Crippen LogP contribution in [0.5, 0.6) is 0 Å². The largest absolute Gasteiger partial charge is 0.0836 e. The van der Waals surface area contributed by atoms with Crippen LogP contribution in [-0.4, -0.2) is 0 Å². The summed E-state index contributed by atoms with van der Waals surface area (Å²) in [7, 11) is 0. The SMILES string of the molecule is Clc1[c]ccc(-c2ccccc2Br)c1. The van der Waals surface area contributed by atoms with Gasteiger partial charge in [-0.25, -0.2) is 0 Å². The average Bonchev–Trinajstić information content (AvgIpc) is 2.18. The minimum absolute atomic E-state index is 0.637. The Balaban J connectivity index is 2.55. The molecule has 0 unspecified atom stereocenters. The second kappa shape index (κ2) is 4.16. The van der Waals surface area contributed by atoms with Crippen LogP contribution in [-0.2, 0) is 0 Å². The van der Waals surface area contributed by atoms with E-state index in [-0.39, 0.29) is 0 Å². The summed E-state index contributed by atoms with van der Waals surface area (Å²) in [6.07, 6.45) is 0. The lowest BCUT2D eigenvalue weighted by Gasteiger charge is -2.03. The Morgan fingerprint density at radius 3 is 2.64 bits per heavy atom. The number of hydrogen-bond acceptors (Lipinski definition) is 0. The van der Waals surface area contributed by atoms with Crippen molar-refractivity contribution < 1.29 is 0 Å². The van der Waals surface area contributed by atoms with E-state index in [1.807, 2.05) is 36.4 Å². The standard InChI is InChI=1S/C12H7BrCl/c13-12-7-2-1-6-11(12)9-4-3-5-10(14)8-9/h1-4,6-8H. The molecule has 0 N–H and O–H groups in total. The maximum absolute atomic E-state index is 5.88. The highest BCUT2D eigenvalue weighted by Crippen LogP contribution is 2.28. The van der Waals surface area contributed by atoms with Gasteiger partial charge in [0.25, 0.3) is 0 Å². The molecule has 0 bridgehead atoms. The van der Waals surface area contributed by atoms with Crippen molar-refractivity contribution in [3.05, 3.63) is 58.0 Å². The summed E-state index contributed by atoms with van der Waals surface area (Å²) in [6, 6.07) is 16.7. The minimum atomic E-state index is 0.637. The Morgan fingerprint density at radius 2 is 1.93 bits per heavy atom. The maximum Gasteiger partial charge on any atom is 0.0491 e. The predicted molar refractivity (Wildman–Crippen MR) is 63.4 cm³/mol. The highest BCUT2D eigenvalue weighted by atomic mass is 79.9. The molecular formula is C12H7BrCl. The first-order valence-corrected chi connectivity index (χ1v) is 5.36. The lowest BCUT2D eigenvalue weighted by molar-refractivity contribution is 1.58. The van der Waals surface area contributed by atoms with Gasteiger partial charge in [-0.2, -0.15) is 0 Å². The molecule has 0 heterocycles. The summed E-state index contributed by atoms with van der Waals surface area (Å²) in [5.41, 5.74) is 2.24. The van der Waals surface area contributed by atoms with Crippen molar-refractivity contribution in [3.8, 4) is 11.1 Å². The topological polar surface area (TPSA) is 0 Å². The second-order valence-electron chi connectivity index (χ2n) is 2.91. The molecule has 0 aliphatic carbocycles. The van der Waals surface area contributed by atoms with E-state index in [0.717, 1.165) is 15.6 Å². The Morgan fingerprint density at radius 1 is 1.14 bits per heavy atom. The van der Waals surface area contributed by atoms with Gasteiger partial charge < -0.3 is 0 Å². The van der Waals surface area contributed by atoms with Crippen LogP contribution in [0.4, 0.5) is 0 Å². The molecule has 0 saturated heterocycles. The molecular weight excluding hydrogens is 259 g/mol. The molecule has 14 heavy (non-hydrogen) atoms. The van der Waals surface area contributed by atoms with E-state index < -0.39 is 0 Å². The smallest absolute Gasteiger partial charge is 0.0491 e. The predicted octanol–water partition coefficient (Wildman–Crippen LogP) is 4.57. The fourth-order valence-corrected chi connectivity index (χ4v) is 1.99. The molecule has 0 saturated carbocycles. The number of rotatable bonds is 1. The summed E-state index contributed by atoms with van der Waals surface area (Å²) in [5, 5.41) is 0.637. The highest BCUT2D eigenvalue weighted by Gasteiger charge is 2.01. The van der Waals surface area contributed by atoms with Crippen molar-refractivity contribution in [3.63, 3.8) is 0 Å². The van der Waals surface area contributed by atoms with Crippen LogP contribution in [0.1, 0.15) is 0 Å². The molecule has 0 aromatic heterocycles. The molecule has 2 heteroatoms. The molecule has 0 aliphatic rings. The van der Waals surface area contributed by atoms with Gasteiger partial charge in [-0.05, 0) is 23.3 Å². The third-order valence-corrected chi connectivity index (χ3v) is 2.86. The monoisotopic (exact) mass is 265 g/mol. The zero-order valence-electron chi connectivity index (χ0n) is 7.30. The van der Waals surface area contributed by atoms with Crippen molar-refractivity contribution in [2.45, 2.75) is 0 Å². The third kappa shape index (κ3) is 1.99. The van der Waals surface area contributed by atoms with Gasteiger partial charge in [0, 0.05) is 15.6 Å². The number of benzene rings is 2. The van der Waals surface area contributed by atoms with Gasteiger partial charge in [-0.1, -0.05) is 57.9 Å². The van der Waals surface area contributed by atoms with Gasteiger partial charge in [0.1, 0.15) is 0 Å². The van der Waals surface area contributed by atoms with E-state index >= 15 is 0 Å². The molecule has 69 valence electrons.